The minimum absolute atomic E-state index is 0.209. The topological polar surface area (TPSA) is 64.1 Å². The maximum absolute atomic E-state index is 5.31. The van der Waals surface area contributed by atoms with Crippen molar-refractivity contribution in [2.24, 2.45) is 10.4 Å². The lowest BCUT2D eigenvalue weighted by Gasteiger charge is -2.38. The molecule has 0 bridgehead atoms. The van der Waals surface area contributed by atoms with Crippen LogP contribution in [0.3, 0.4) is 0 Å². The van der Waals surface area contributed by atoms with E-state index in [2.05, 4.69) is 22.5 Å². The Kier molecular flexibility index (Phi) is 5.49. The fourth-order valence-corrected chi connectivity index (χ4v) is 2.25. The van der Waals surface area contributed by atoms with Gasteiger partial charge in [0.05, 0.1) is 27.4 Å². The first kappa shape index (κ1) is 16.4. The van der Waals surface area contributed by atoms with Crippen LogP contribution in [-0.2, 0) is 11.3 Å². The predicted octanol–water partition coefficient (Wildman–Crippen LogP) is 1.41. The molecule has 2 N–H and O–H groups in total. The van der Waals surface area contributed by atoms with Gasteiger partial charge in [0.15, 0.2) is 17.5 Å². The molecule has 0 aromatic heterocycles. The van der Waals surface area contributed by atoms with Crippen LogP contribution in [0.25, 0.3) is 0 Å². The summed E-state index contributed by atoms with van der Waals surface area (Å²) in [6.45, 7) is 5.30. The monoisotopic (exact) mass is 307 g/mol. The van der Waals surface area contributed by atoms with Gasteiger partial charge in [-0.3, -0.25) is 4.99 Å². The third-order valence-electron chi connectivity index (χ3n) is 3.72. The van der Waals surface area contributed by atoms with Crippen molar-refractivity contribution in [1.29, 1.82) is 0 Å². The summed E-state index contributed by atoms with van der Waals surface area (Å²) in [5.74, 6) is 2.23. The van der Waals surface area contributed by atoms with Crippen molar-refractivity contribution in [2.75, 3.05) is 41.0 Å². The molecule has 0 radical (unpaired) electrons. The summed E-state index contributed by atoms with van der Waals surface area (Å²) in [4.78, 5) is 4.24. The van der Waals surface area contributed by atoms with Gasteiger partial charge in [-0.1, -0.05) is 13.0 Å². The van der Waals surface area contributed by atoms with Crippen LogP contribution in [0.4, 0.5) is 0 Å². The first-order valence-electron chi connectivity index (χ1n) is 7.33. The number of rotatable bonds is 6. The second kappa shape index (κ2) is 7.35. The molecule has 1 fully saturated rings. The maximum atomic E-state index is 5.31. The molecule has 0 saturated carbocycles. The zero-order chi connectivity index (χ0) is 16.0. The standard InChI is InChI=1S/C16H25N3O3/c1-16(10-22-11-16)9-19-15(17-2)18-8-12-5-6-13(20-3)14(7-12)21-4/h5-7H,8-11H2,1-4H3,(H2,17,18,19). The van der Waals surface area contributed by atoms with Gasteiger partial charge >= 0.3 is 0 Å². The number of nitrogens with one attached hydrogen (secondary N) is 2. The third-order valence-corrected chi connectivity index (χ3v) is 3.72. The number of aliphatic imine (C=N–C) groups is 1. The van der Waals surface area contributed by atoms with E-state index in [1.165, 1.54) is 0 Å². The van der Waals surface area contributed by atoms with E-state index >= 15 is 0 Å². The quantitative estimate of drug-likeness (QED) is 0.614. The van der Waals surface area contributed by atoms with Crippen LogP contribution in [0.1, 0.15) is 12.5 Å². The van der Waals surface area contributed by atoms with E-state index in [4.69, 9.17) is 14.2 Å². The Hall–Kier alpha value is -1.95. The van der Waals surface area contributed by atoms with Crippen LogP contribution in [0, 0.1) is 5.41 Å². The van der Waals surface area contributed by atoms with Crippen molar-refractivity contribution in [2.45, 2.75) is 13.5 Å². The van der Waals surface area contributed by atoms with Crippen molar-refractivity contribution in [3.63, 3.8) is 0 Å². The highest BCUT2D eigenvalue weighted by Crippen LogP contribution is 2.27. The Morgan fingerprint density at radius 3 is 2.50 bits per heavy atom. The molecule has 6 heteroatoms. The molecule has 6 nitrogen and oxygen atoms in total. The van der Waals surface area contributed by atoms with Gasteiger partial charge in [0, 0.05) is 25.6 Å². The lowest BCUT2D eigenvalue weighted by molar-refractivity contribution is -0.0971. The summed E-state index contributed by atoms with van der Waals surface area (Å²) in [5, 5.41) is 6.63. The summed E-state index contributed by atoms with van der Waals surface area (Å²) in [6, 6.07) is 5.86. The first-order valence-corrected chi connectivity index (χ1v) is 7.33. The molecule has 1 aliphatic heterocycles. The van der Waals surface area contributed by atoms with Gasteiger partial charge in [-0.25, -0.2) is 0 Å². The van der Waals surface area contributed by atoms with Crippen LogP contribution in [0.15, 0.2) is 23.2 Å². The molecule has 0 amide bonds. The van der Waals surface area contributed by atoms with E-state index in [-0.39, 0.29) is 5.41 Å². The summed E-state index contributed by atoms with van der Waals surface area (Å²) in [6.07, 6.45) is 0. The predicted molar refractivity (Wildman–Crippen MR) is 86.7 cm³/mol. The molecule has 1 aromatic carbocycles. The van der Waals surface area contributed by atoms with Gasteiger partial charge in [-0.15, -0.1) is 0 Å². The number of methoxy groups -OCH3 is 2. The van der Waals surface area contributed by atoms with Gasteiger partial charge in [0.25, 0.3) is 0 Å². The highest BCUT2D eigenvalue weighted by molar-refractivity contribution is 5.79. The van der Waals surface area contributed by atoms with Crippen molar-refractivity contribution in [3.8, 4) is 11.5 Å². The average molecular weight is 307 g/mol. The number of ether oxygens (including phenoxy) is 3. The number of guanidine groups is 1. The Morgan fingerprint density at radius 1 is 1.23 bits per heavy atom. The molecule has 2 rings (SSSR count). The lowest BCUT2D eigenvalue weighted by Crippen LogP contribution is -2.50. The molecular formula is C16H25N3O3. The van der Waals surface area contributed by atoms with Gasteiger partial charge in [0.1, 0.15) is 0 Å². The number of hydrogen-bond donors (Lipinski definition) is 2. The second-order valence-electron chi connectivity index (χ2n) is 5.77. The Bertz CT molecular complexity index is 527. The highest BCUT2D eigenvalue weighted by Gasteiger charge is 2.33. The van der Waals surface area contributed by atoms with Crippen LogP contribution in [0.2, 0.25) is 0 Å². The highest BCUT2D eigenvalue weighted by atomic mass is 16.5. The normalized spacial score (nSPS) is 16.6. The van der Waals surface area contributed by atoms with Crippen molar-refractivity contribution in [3.05, 3.63) is 23.8 Å². The molecule has 0 unspecified atom stereocenters. The summed E-state index contributed by atoms with van der Waals surface area (Å²) in [5.41, 5.74) is 1.31. The van der Waals surface area contributed by atoms with Crippen LogP contribution in [-0.4, -0.2) is 47.0 Å². The molecule has 122 valence electrons. The zero-order valence-corrected chi connectivity index (χ0v) is 13.7. The molecule has 0 aliphatic carbocycles. The van der Waals surface area contributed by atoms with Crippen molar-refractivity contribution >= 4 is 5.96 Å². The fraction of sp³-hybridized carbons (Fsp3) is 0.562. The summed E-state index contributed by atoms with van der Waals surface area (Å²) in [7, 11) is 5.03. The third kappa shape index (κ3) is 4.04. The van der Waals surface area contributed by atoms with E-state index in [1.54, 1.807) is 21.3 Å². The Morgan fingerprint density at radius 2 is 1.95 bits per heavy atom. The lowest BCUT2D eigenvalue weighted by atomic mass is 9.89. The van der Waals surface area contributed by atoms with Crippen LogP contribution >= 0.6 is 0 Å². The van der Waals surface area contributed by atoms with Crippen molar-refractivity contribution < 1.29 is 14.2 Å². The minimum atomic E-state index is 0.209. The molecule has 22 heavy (non-hydrogen) atoms. The van der Waals surface area contributed by atoms with Crippen molar-refractivity contribution in [1.82, 2.24) is 10.6 Å². The largest absolute Gasteiger partial charge is 0.493 e. The van der Waals surface area contributed by atoms with Gasteiger partial charge in [-0.05, 0) is 17.7 Å². The molecule has 0 spiro atoms. The Labute approximate surface area is 131 Å². The van der Waals surface area contributed by atoms with Crippen LogP contribution in [0.5, 0.6) is 11.5 Å². The second-order valence-corrected chi connectivity index (χ2v) is 5.77. The molecule has 0 atom stereocenters. The number of benzene rings is 1. The molecule has 1 aromatic rings. The molecular weight excluding hydrogens is 282 g/mol. The zero-order valence-electron chi connectivity index (χ0n) is 13.7. The van der Waals surface area contributed by atoms with Gasteiger partial charge in [0.2, 0.25) is 0 Å². The van der Waals surface area contributed by atoms with E-state index < -0.39 is 0 Å². The maximum Gasteiger partial charge on any atom is 0.191 e. The fourth-order valence-electron chi connectivity index (χ4n) is 2.25. The van der Waals surface area contributed by atoms with E-state index in [0.29, 0.717) is 6.54 Å². The Balaban J connectivity index is 1.87. The van der Waals surface area contributed by atoms with E-state index in [9.17, 15) is 0 Å². The summed E-state index contributed by atoms with van der Waals surface area (Å²) >= 11 is 0. The molecule has 1 aliphatic rings. The minimum Gasteiger partial charge on any atom is -0.493 e. The van der Waals surface area contributed by atoms with Crippen LogP contribution < -0.4 is 20.1 Å². The number of hydrogen-bond acceptors (Lipinski definition) is 4. The summed E-state index contributed by atoms with van der Waals surface area (Å²) < 4.78 is 15.8. The smallest absolute Gasteiger partial charge is 0.191 e. The SMILES string of the molecule is CN=C(NCc1ccc(OC)c(OC)c1)NCC1(C)COC1. The number of nitrogens with zero attached hydrogens (tertiary/aromatic N) is 1. The molecule has 1 saturated heterocycles. The van der Waals surface area contributed by atoms with Gasteiger partial charge < -0.3 is 24.8 Å². The van der Waals surface area contributed by atoms with Gasteiger partial charge in [-0.2, -0.15) is 0 Å². The first-order chi connectivity index (χ1) is 10.6. The van der Waals surface area contributed by atoms with E-state index in [0.717, 1.165) is 42.8 Å². The molecule has 1 heterocycles. The average Bonchev–Trinajstić information content (AvgIpc) is 2.52. The van der Waals surface area contributed by atoms with E-state index in [1.807, 2.05) is 18.2 Å².